The third-order valence-electron chi connectivity index (χ3n) is 4.45. The third kappa shape index (κ3) is 3.41. The zero-order valence-electron chi connectivity index (χ0n) is 15.4. The Morgan fingerprint density at radius 3 is 2.41 bits per heavy atom. The van der Waals surface area contributed by atoms with Crippen molar-refractivity contribution in [3.63, 3.8) is 0 Å². The van der Waals surface area contributed by atoms with Crippen LogP contribution in [0.1, 0.15) is 18.3 Å². The van der Waals surface area contributed by atoms with E-state index in [1.807, 2.05) is 0 Å². The van der Waals surface area contributed by atoms with Crippen LogP contribution in [0.4, 0.5) is 23.4 Å². The van der Waals surface area contributed by atoms with Gasteiger partial charge in [0, 0.05) is 11.3 Å². The molecule has 3 heterocycles. The van der Waals surface area contributed by atoms with Gasteiger partial charge in [-0.3, -0.25) is 10.8 Å². The first-order valence-corrected chi connectivity index (χ1v) is 8.70. The van der Waals surface area contributed by atoms with E-state index in [1.165, 1.54) is 41.9 Å². The molecule has 1 atom stereocenters. The summed E-state index contributed by atoms with van der Waals surface area (Å²) in [6.45, 7) is 3.27. The van der Waals surface area contributed by atoms with Crippen LogP contribution in [0.5, 0.6) is 0 Å². The van der Waals surface area contributed by atoms with Crippen molar-refractivity contribution in [2.45, 2.75) is 26.2 Å². The van der Waals surface area contributed by atoms with Crippen molar-refractivity contribution in [2.24, 2.45) is 0 Å². The van der Waals surface area contributed by atoms with E-state index in [1.54, 1.807) is 6.92 Å². The van der Waals surface area contributed by atoms with Crippen LogP contribution >= 0.6 is 0 Å². The maximum absolute atomic E-state index is 13.4. The lowest BCUT2D eigenvalue weighted by Gasteiger charge is -2.16. The monoisotopic (exact) mass is 404 g/mol. The molecule has 29 heavy (non-hydrogen) atoms. The zero-order chi connectivity index (χ0) is 20.9. The van der Waals surface area contributed by atoms with Gasteiger partial charge in [0.15, 0.2) is 0 Å². The number of fused-ring (bicyclic) bond motifs is 1. The molecule has 2 aromatic heterocycles. The standard InChI is InChI=1S/C19H16F4N6/c1-9-7-12(8-14(25-9)19(21,22)23)15-16(11-3-5-13(20)6-4-11)27-18(24)29-17(15)26-10(2)28-29/h3-8,10,24,26,28H,1-2H3. The first-order chi connectivity index (χ1) is 13.6. The van der Waals surface area contributed by atoms with E-state index in [0.29, 0.717) is 16.9 Å². The quantitative estimate of drug-likeness (QED) is 0.567. The van der Waals surface area contributed by atoms with E-state index in [4.69, 9.17) is 5.41 Å². The Balaban J connectivity index is 2.05. The van der Waals surface area contributed by atoms with E-state index >= 15 is 0 Å². The number of rotatable bonds is 2. The minimum atomic E-state index is -4.62. The Morgan fingerprint density at radius 2 is 1.76 bits per heavy atom. The van der Waals surface area contributed by atoms with Crippen LogP contribution in [0.2, 0.25) is 0 Å². The number of aromatic nitrogens is 3. The van der Waals surface area contributed by atoms with E-state index in [0.717, 1.165) is 6.07 Å². The lowest BCUT2D eigenvalue weighted by Crippen LogP contribution is -2.30. The Hall–Kier alpha value is -3.43. The van der Waals surface area contributed by atoms with Crippen LogP contribution in [0, 0.1) is 18.2 Å². The van der Waals surface area contributed by atoms with Crippen molar-refractivity contribution in [3.8, 4) is 22.4 Å². The summed E-state index contributed by atoms with van der Waals surface area (Å²) in [5.74, 6) is -0.0555. The fraction of sp³-hybridized carbons (Fsp3) is 0.211. The van der Waals surface area contributed by atoms with Gasteiger partial charge >= 0.3 is 6.18 Å². The normalized spacial score (nSPS) is 15.6. The Bertz CT molecular complexity index is 1150. The number of anilines is 1. The van der Waals surface area contributed by atoms with Gasteiger partial charge in [-0.15, -0.1) is 0 Å². The molecule has 0 saturated carbocycles. The Labute approximate surface area is 162 Å². The van der Waals surface area contributed by atoms with Gasteiger partial charge in [0.25, 0.3) is 0 Å². The van der Waals surface area contributed by atoms with Crippen LogP contribution in [-0.4, -0.2) is 20.8 Å². The predicted molar refractivity (Wildman–Crippen MR) is 98.9 cm³/mol. The highest BCUT2D eigenvalue weighted by Crippen LogP contribution is 2.39. The van der Waals surface area contributed by atoms with Gasteiger partial charge in [0.2, 0.25) is 5.62 Å². The average Bonchev–Trinajstić information content (AvgIpc) is 3.03. The molecule has 0 saturated heterocycles. The molecule has 0 aliphatic carbocycles. The smallest absolute Gasteiger partial charge is 0.349 e. The fourth-order valence-electron chi connectivity index (χ4n) is 3.28. The van der Waals surface area contributed by atoms with Crippen molar-refractivity contribution in [2.75, 3.05) is 10.7 Å². The molecule has 0 bridgehead atoms. The number of nitrogens with zero attached hydrogens (tertiary/aromatic N) is 3. The van der Waals surface area contributed by atoms with Crippen molar-refractivity contribution in [1.29, 1.82) is 5.41 Å². The number of hydrogen-bond donors (Lipinski definition) is 3. The molecule has 1 aliphatic heterocycles. The molecule has 1 aliphatic rings. The van der Waals surface area contributed by atoms with Crippen molar-refractivity contribution in [1.82, 2.24) is 14.6 Å². The molecule has 1 unspecified atom stereocenters. The maximum Gasteiger partial charge on any atom is 0.433 e. The van der Waals surface area contributed by atoms with Crippen molar-refractivity contribution in [3.05, 3.63) is 59.2 Å². The van der Waals surface area contributed by atoms with Gasteiger partial charge < -0.3 is 5.32 Å². The van der Waals surface area contributed by atoms with Gasteiger partial charge in [-0.2, -0.15) is 13.2 Å². The summed E-state index contributed by atoms with van der Waals surface area (Å²) in [5, 5.41) is 11.3. The lowest BCUT2D eigenvalue weighted by molar-refractivity contribution is -0.141. The highest BCUT2D eigenvalue weighted by molar-refractivity contribution is 5.89. The van der Waals surface area contributed by atoms with E-state index in [9.17, 15) is 17.6 Å². The fourth-order valence-corrected chi connectivity index (χ4v) is 3.28. The number of nitrogens with one attached hydrogen (secondary N) is 3. The van der Waals surface area contributed by atoms with Crippen LogP contribution in [-0.2, 0) is 6.18 Å². The summed E-state index contributed by atoms with van der Waals surface area (Å²) in [6, 6.07) is 7.89. The summed E-state index contributed by atoms with van der Waals surface area (Å²) in [5.41, 5.74) is 3.35. The van der Waals surface area contributed by atoms with E-state index < -0.39 is 17.7 Å². The topological polar surface area (TPSA) is 78.6 Å². The molecule has 0 amide bonds. The van der Waals surface area contributed by atoms with Gasteiger partial charge in [0.1, 0.15) is 23.5 Å². The van der Waals surface area contributed by atoms with Gasteiger partial charge in [-0.05, 0) is 55.8 Å². The third-order valence-corrected chi connectivity index (χ3v) is 4.45. The Kier molecular flexibility index (Phi) is 4.29. The minimum absolute atomic E-state index is 0.137. The Morgan fingerprint density at radius 1 is 1.07 bits per heavy atom. The van der Waals surface area contributed by atoms with Gasteiger partial charge in [-0.1, -0.05) is 0 Å². The van der Waals surface area contributed by atoms with Gasteiger partial charge in [-0.25, -0.2) is 19.0 Å². The van der Waals surface area contributed by atoms with Gasteiger partial charge in [0.05, 0.1) is 11.3 Å². The molecule has 10 heteroatoms. The van der Waals surface area contributed by atoms with E-state index in [-0.39, 0.29) is 28.7 Å². The van der Waals surface area contributed by atoms with Crippen LogP contribution < -0.4 is 16.4 Å². The summed E-state index contributed by atoms with van der Waals surface area (Å²) >= 11 is 0. The van der Waals surface area contributed by atoms with Crippen molar-refractivity contribution >= 4 is 5.82 Å². The number of hydrogen-bond acceptors (Lipinski definition) is 5. The summed E-state index contributed by atoms with van der Waals surface area (Å²) in [4.78, 5) is 7.88. The number of alkyl halides is 3. The highest BCUT2D eigenvalue weighted by Gasteiger charge is 2.34. The first kappa shape index (κ1) is 18.9. The molecule has 4 rings (SSSR count). The average molecular weight is 404 g/mol. The number of aryl methyl sites for hydroxylation is 1. The predicted octanol–water partition coefficient (Wildman–Crippen LogP) is 3.87. The second-order valence-electron chi connectivity index (χ2n) is 6.73. The number of benzene rings is 1. The van der Waals surface area contributed by atoms with Crippen LogP contribution in [0.3, 0.4) is 0 Å². The molecule has 0 radical (unpaired) electrons. The zero-order valence-corrected chi connectivity index (χ0v) is 15.4. The van der Waals surface area contributed by atoms with E-state index in [2.05, 4.69) is 20.7 Å². The molecular weight excluding hydrogens is 388 g/mol. The molecule has 3 N–H and O–H groups in total. The molecule has 150 valence electrons. The van der Waals surface area contributed by atoms with Crippen molar-refractivity contribution < 1.29 is 17.6 Å². The summed E-state index contributed by atoms with van der Waals surface area (Å²) in [7, 11) is 0. The molecule has 0 fully saturated rings. The molecular formula is C19H16F4N6. The number of pyridine rings is 1. The molecule has 3 aromatic rings. The summed E-state index contributed by atoms with van der Waals surface area (Å²) < 4.78 is 54.8. The minimum Gasteiger partial charge on any atom is -0.349 e. The molecule has 1 aromatic carbocycles. The second kappa shape index (κ2) is 6.57. The first-order valence-electron chi connectivity index (χ1n) is 8.70. The lowest BCUT2D eigenvalue weighted by atomic mass is 9.98. The largest absolute Gasteiger partial charge is 0.433 e. The maximum atomic E-state index is 13.4. The van der Waals surface area contributed by atoms with Crippen LogP contribution in [0.25, 0.3) is 22.4 Å². The SMILES string of the molecule is Cc1cc(-c2c(-c3ccc(F)cc3)nc(=N)n3c2NC(C)N3)cc(C(F)(F)F)n1. The second-order valence-corrected chi connectivity index (χ2v) is 6.73. The highest BCUT2D eigenvalue weighted by atomic mass is 19.4. The van der Waals surface area contributed by atoms with Crippen LogP contribution in [0.15, 0.2) is 36.4 Å². The number of halogens is 4. The summed E-state index contributed by atoms with van der Waals surface area (Å²) in [6.07, 6.45) is -4.89. The molecule has 0 spiro atoms. The molecule has 6 nitrogen and oxygen atoms in total.